The molecule has 0 fully saturated rings. The van der Waals surface area contributed by atoms with Crippen LogP contribution in [-0.4, -0.2) is 39.5 Å². The summed E-state index contributed by atoms with van der Waals surface area (Å²) >= 11 is 0. The quantitative estimate of drug-likeness (QED) is 0.688. The van der Waals surface area contributed by atoms with Gasteiger partial charge in [-0.3, -0.25) is 0 Å². The summed E-state index contributed by atoms with van der Waals surface area (Å²) in [7, 11) is 0. The van der Waals surface area contributed by atoms with Crippen molar-refractivity contribution in [3.63, 3.8) is 0 Å². The molecule has 1 heterocycles. The van der Waals surface area contributed by atoms with Crippen molar-refractivity contribution in [2.45, 2.75) is 20.0 Å². The summed E-state index contributed by atoms with van der Waals surface area (Å²) in [6, 6.07) is 3.10. The largest absolute Gasteiger partial charge is 0.461 e. The zero-order chi connectivity index (χ0) is 10.6. The van der Waals surface area contributed by atoms with Crippen molar-refractivity contribution < 1.29 is 14.9 Å². The van der Waals surface area contributed by atoms with Crippen molar-refractivity contribution in [2.75, 3.05) is 13.2 Å². The van der Waals surface area contributed by atoms with E-state index < -0.39 is 6.10 Å². The van der Waals surface area contributed by atoms with Gasteiger partial charge < -0.3 is 14.9 Å². The minimum absolute atomic E-state index is 0.0145. The van der Waals surface area contributed by atoms with E-state index in [2.05, 4.69) is 16.0 Å². The summed E-state index contributed by atoms with van der Waals surface area (Å²) in [5, 5.41) is 17.6. The zero-order valence-corrected chi connectivity index (χ0v) is 8.19. The molecule has 1 aromatic heterocycles. The number of aryl methyl sites for hydroxylation is 2. The van der Waals surface area contributed by atoms with E-state index in [1.54, 1.807) is 13.8 Å². The van der Waals surface area contributed by atoms with Gasteiger partial charge in [0.25, 0.3) is 0 Å². The van der Waals surface area contributed by atoms with E-state index in [1.165, 1.54) is 0 Å². The van der Waals surface area contributed by atoms with Crippen LogP contribution in [0.4, 0.5) is 0 Å². The van der Waals surface area contributed by atoms with Crippen LogP contribution in [0, 0.1) is 19.9 Å². The van der Waals surface area contributed by atoms with Crippen molar-refractivity contribution in [2.24, 2.45) is 0 Å². The number of rotatable bonds is 4. The molecule has 0 spiro atoms. The van der Waals surface area contributed by atoms with Gasteiger partial charge in [-0.05, 0) is 13.8 Å². The molecule has 14 heavy (non-hydrogen) atoms. The normalized spacial score (nSPS) is 12.6. The Balaban J connectivity index is 2.58. The fourth-order valence-corrected chi connectivity index (χ4v) is 0.918. The Kier molecular flexibility index (Phi) is 3.79. The van der Waals surface area contributed by atoms with Gasteiger partial charge in [0.2, 0.25) is 0 Å². The number of aliphatic hydroxyl groups excluding tert-OH is 2. The molecule has 5 nitrogen and oxygen atoms in total. The van der Waals surface area contributed by atoms with Gasteiger partial charge in [0.15, 0.2) is 0 Å². The second kappa shape index (κ2) is 4.88. The van der Waals surface area contributed by atoms with Crippen LogP contribution < -0.4 is 4.74 Å². The number of hydrogen-bond donors (Lipinski definition) is 2. The third-order valence-corrected chi connectivity index (χ3v) is 1.50. The van der Waals surface area contributed by atoms with Crippen molar-refractivity contribution >= 4 is 0 Å². The number of nitrogens with zero attached hydrogens (tertiary/aromatic N) is 2. The lowest BCUT2D eigenvalue weighted by molar-refractivity contribution is 0.0503. The van der Waals surface area contributed by atoms with E-state index >= 15 is 0 Å². The lowest BCUT2D eigenvalue weighted by Crippen LogP contribution is -2.22. The molecule has 1 aromatic rings. The predicted octanol–water partition coefficient (Wildman–Crippen LogP) is -0.374. The van der Waals surface area contributed by atoms with Gasteiger partial charge in [0.1, 0.15) is 12.7 Å². The highest BCUT2D eigenvalue weighted by Crippen LogP contribution is 2.05. The average Bonchev–Trinajstić information content (AvgIpc) is 2.12. The Bertz CT molecular complexity index is 284. The zero-order valence-electron chi connectivity index (χ0n) is 8.19. The molecule has 77 valence electrons. The summed E-state index contributed by atoms with van der Waals surface area (Å²) < 4.78 is 5.07. The Morgan fingerprint density at radius 3 is 2.43 bits per heavy atom. The maximum Gasteiger partial charge on any atom is 0.316 e. The Morgan fingerprint density at radius 2 is 1.93 bits per heavy atom. The number of hydrogen-bond acceptors (Lipinski definition) is 5. The van der Waals surface area contributed by atoms with Crippen LogP contribution in [0.1, 0.15) is 11.4 Å². The highest BCUT2D eigenvalue weighted by Gasteiger charge is 2.05. The first-order valence-electron chi connectivity index (χ1n) is 4.28. The molecule has 0 aliphatic carbocycles. The molecule has 1 radical (unpaired) electrons. The monoisotopic (exact) mass is 197 g/mol. The third-order valence-electron chi connectivity index (χ3n) is 1.50. The van der Waals surface area contributed by atoms with Crippen LogP contribution in [0.5, 0.6) is 6.01 Å². The fourth-order valence-electron chi connectivity index (χ4n) is 0.918. The number of aromatic nitrogens is 2. The molecule has 0 aromatic carbocycles. The van der Waals surface area contributed by atoms with E-state index in [-0.39, 0.29) is 19.2 Å². The van der Waals surface area contributed by atoms with E-state index in [0.717, 1.165) is 0 Å². The van der Waals surface area contributed by atoms with Crippen LogP contribution >= 0.6 is 0 Å². The van der Waals surface area contributed by atoms with E-state index in [0.29, 0.717) is 11.4 Å². The summed E-state index contributed by atoms with van der Waals surface area (Å²) in [6.45, 7) is 3.21. The first-order valence-corrected chi connectivity index (χ1v) is 4.28. The molecule has 1 atom stereocenters. The molecule has 0 bridgehead atoms. The smallest absolute Gasteiger partial charge is 0.316 e. The van der Waals surface area contributed by atoms with E-state index in [4.69, 9.17) is 14.9 Å². The van der Waals surface area contributed by atoms with Gasteiger partial charge in [0, 0.05) is 6.07 Å². The van der Waals surface area contributed by atoms with Crippen molar-refractivity contribution in [3.8, 4) is 6.01 Å². The molecule has 0 saturated carbocycles. The minimum atomic E-state index is -0.900. The maximum absolute atomic E-state index is 9.02. The van der Waals surface area contributed by atoms with Crippen molar-refractivity contribution in [1.29, 1.82) is 0 Å². The van der Waals surface area contributed by atoms with Crippen LogP contribution in [0.3, 0.4) is 0 Å². The van der Waals surface area contributed by atoms with Crippen molar-refractivity contribution in [3.05, 3.63) is 17.5 Å². The van der Waals surface area contributed by atoms with Crippen molar-refractivity contribution in [1.82, 2.24) is 9.97 Å². The SMILES string of the molecule is Cc1[c]c(C)nc(OCC(O)CO)n1. The van der Waals surface area contributed by atoms with E-state index in [1.807, 2.05) is 0 Å². The average molecular weight is 197 g/mol. The van der Waals surface area contributed by atoms with Gasteiger partial charge in [-0.2, -0.15) is 9.97 Å². The Morgan fingerprint density at radius 1 is 1.36 bits per heavy atom. The van der Waals surface area contributed by atoms with Crippen LogP contribution in [0.2, 0.25) is 0 Å². The highest BCUT2D eigenvalue weighted by molar-refractivity contribution is 5.09. The standard InChI is InChI=1S/C9H13N2O3/c1-6-3-7(2)11-9(10-6)14-5-8(13)4-12/h8,12-13H,4-5H2,1-2H3. The van der Waals surface area contributed by atoms with Gasteiger partial charge in [-0.15, -0.1) is 0 Å². The molecule has 5 heteroatoms. The predicted molar refractivity (Wildman–Crippen MR) is 48.9 cm³/mol. The first-order chi connectivity index (χ1) is 6.61. The second-order valence-electron chi connectivity index (χ2n) is 2.95. The fraction of sp³-hybridized carbons (Fsp3) is 0.556. The molecule has 0 saturated heterocycles. The molecule has 1 unspecified atom stereocenters. The minimum Gasteiger partial charge on any atom is -0.461 e. The first kappa shape index (κ1) is 10.9. The second-order valence-corrected chi connectivity index (χ2v) is 2.95. The van der Waals surface area contributed by atoms with Crippen LogP contribution in [0.15, 0.2) is 0 Å². The topological polar surface area (TPSA) is 75.5 Å². The Labute approximate surface area is 82.4 Å². The summed E-state index contributed by atoms with van der Waals surface area (Å²) in [4.78, 5) is 7.92. The van der Waals surface area contributed by atoms with Crippen LogP contribution in [0.25, 0.3) is 0 Å². The molecule has 1 rings (SSSR count). The molecular weight excluding hydrogens is 184 g/mol. The third kappa shape index (κ3) is 3.27. The molecular formula is C9H13N2O3. The maximum atomic E-state index is 9.02. The number of aliphatic hydroxyl groups is 2. The summed E-state index contributed by atoms with van der Waals surface area (Å²) in [5.41, 5.74) is 1.37. The molecule has 0 aliphatic heterocycles. The molecule has 0 amide bonds. The summed E-state index contributed by atoms with van der Waals surface area (Å²) in [6.07, 6.45) is -0.900. The highest BCUT2D eigenvalue weighted by atomic mass is 16.5. The number of ether oxygens (including phenoxy) is 1. The van der Waals surface area contributed by atoms with Gasteiger partial charge in [0.05, 0.1) is 18.0 Å². The van der Waals surface area contributed by atoms with Crippen LogP contribution in [-0.2, 0) is 0 Å². The molecule has 2 N–H and O–H groups in total. The molecule has 0 aliphatic rings. The van der Waals surface area contributed by atoms with E-state index in [9.17, 15) is 0 Å². The van der Waals surface area contributed by atoms with Gasteiger partial charge in [-0.1, -0.05) is 0 Å². The lowest BCUT2D eigenvalue weighted by Gasteiger charge is -2.08. The lowest BCUT2D eigenvalue weighted by atomic mass is 10.4. The van der Waals surface area contributed by atoms with Gasteiger partial charge >= 0.3 is 6.01 Å². The van der Waals surface area contributed by atoms with Gasteiger partial charge in [-0.25, -0.2) is 0 Å². The Hall–Kier alpha value is -1.20. The summed E-state index contributed by atoms with van der Waals surface area (Å²) in [5.74, 6) is 0.